The van der Waals surface area contributed by atoms with Crippen LogP contribution in [0.25, 0.3) is 22.8 Å². The highest BCUT2D eigenvalue weighted by Crippen LogP contribution is 2.26. The van der Waals surface area contributed by atoms with Crippen molar-refractivity contribution < 1.29 is 14.2 Å². The first-order chi connectivity index (χ1) is 13.8. The van der Waals surface area contributed by atoms with Crippen molar-refractivity contribution >= 4 is 5.95 Å². The van der Waals surface area contributed by atoms with E-state index < -0.39 is 0 Å². The molecule has 2 aromatic carbocycles. The Kier molecular flexibility index (Phi) is 5.34. The van der Waals surface area contributed by atoms with Gasteiger partial charge < -0.3 is 19.1 Å². The summed E-state index contributed by atoms with van der Waals surface area (Å²) in [5, 5.41) is 0. The van der Waals surface area contributed by atoms with Crippen LogP contribution in [0.5, 0.6) is 11.5 Å². The Morgan fingerprint density at radius 1 is 0.714 bits per heavy atom. The average Bonchev–Trinajstić information content (AvgIpc) is 2.79. The molecule has 0 atom stereocenters. The summed E-state index contributed by atoms with van der Waals surface area (Å²) in [6.07, 6.45) is 0. The molecule has 7 heteroatoms. The maximum absolute atomic E-state index is 5.46. The summed E-state index contributed by atoms with van der Waals surface area (Å²) in [4.78, 5) is 16.3. The number of anilines is 1. The molecule has 0 amide bonds. The lowest BCUT2D eigenvalue weighted by molar-refractivity contribution is 0.122. The molecule has 28 heavy (non-hydrogen) atoms. The fourth-order valence-electron chi connectivity index (χ4n) is 3.01. The van der Waals surface area contributed by atoms with Crippen LogP contribution in [0.2, 0.25) is 0 Å². The Morgan fingerprint density at radius 3 is 1.61 bits per heavy atom. The smallest absolute Gasteiger partial charge is 0.229 e. The molecule has 0 aliphatic carbocycles. The number of benzene rings is 2. The van der Waals surface area contributed by atoms with E-state index >= 15 is 0 Å². The molecule has 0 bridgehead atoms. The zero-order valence-electron chi connectivity index (χ0n) is 16.0. The highest BCUT2D eigenvalue weighted by molar-refractivity contribution is 5.64. The SMILES string of the molecule is COc1ccc(-c2nc(-c3ccc(OC)cc3)nc(N3CCOCC3)n2)cc1. The molecule has 0 radical (unpaired) electrons. The van der Waals surface area contributed by atoms with Gasteiger partial charge >= 0.3 is 0 Å². The second kappa shape index (κ2) is 8.22. The maximum Gasteiger partial charge on any atom is 0.229 e. The van der Waals surface area contributed by atoms with E-state index in [0.717, 1.165) is 35.7 Å². The summed E-state index contributed by atoms with van der Waals surface area (Å²) in [6.45, 7) is 2.85. The minimum Gasteiger partial charge on any atom is -0.497 e. The van der Waals surface area contributed by atoms with Gasteiger partial charge in [-0.2, -0.15) is 9.97 Å². The van der Waals surface area contributed by atoms with Crippen molar-refractivity contribution in [3.8, 4) is 34.3 Å². The van der Waals surface area contributed by atoms with Gasteiger partial charge in [0.05, 0.1) is 27.4 Å². The second-order valence-corrected chi connectivity index (χ2v) is 6.34. The Morgan fingerprint density at radius 2 is 1.18 bits per heavy atom. The summed E-state index contributed by atoms with van der Waals surface area (Å²) in [5.74, 6) is 3.51. The van der Waals surface area contributed by atoms with Crippen molar-refractivity contribution in [2.45, 2.75) is 0 Å². The van der Waals surface area contributed by atoms with Gasteiger partial charge in [-0.3, -0.25) is 0 Å². The Labute approximate surface area is 163 Å². The summed E-state index contributed by atoms with van der Waals surface area (Å²) in [6, 6.07) is 15.4. The number of methoxy groups -OCH3 is 2. The molecule has 2 heterocycles. The molecule has 4 rings (SSSR count). The van der Waals surface area contributed by atoms with E-state index in [0.29, 0.717) is 30.8 Å². The lowest BCUT2D eigenvalue weighted by atomic mass is 10.2. The summed E-state index contributed by atoms with van der Waals surface area (Å²) in [5.41, 5.74) is 1.82. The fourth-order valence-corrected chi connectivity index (χ4v) is 3.01. The van der Waals surface area contributed by atoms with Gasteiger partial charge in [-0.1, -0.05) is 0 Å². The predicted molar refractivity (Wildman–Crippen MR) is 107 cm³/mol. The molecule has 0 saturated carbocycles. The number of aromatic nitrogens is 3. The number of rotatable bonds is 5. The quantitative estimate of drug-likeness (QED) is 0.676. The zero-order valence-corrected chi connectivity index (χ0v) is 16.0. The molecule has 7 nitrogen and oxygen atoms in total. The van der Waals surface area contributed by atoms with Crippen LogP contribution in [0, 0.1) is 0 Å². The lowest BCUT2D eigenvalue weighted by Gasteiger charge is -2.27. The standard InChI is InChI=1S/C21H22N4O3/c1-26-17-7-3-15(4-8-17)19-22-20(16-5-9-18(27-2)10-6-16)24-21(23-19)25-11-13-28-14-12-25/h3-10H,11-14H2,1-2H3. The van der Waals surface area contributed by atoms with Crippen LogP contribution in [-0.4, -0.2) is 55.5 Å². The van der Waals surface area contributed by atoms with Crippen molar-refractivity contribution in [3.63, 3.8) is 0 Å². The number of hydrogen-bond acceptors (Lipinski definition) is 7. The van der Waals surface area contributed by atoms with E-state index in [4.69, 9.17) is 29.2 Å². The Balaban J connectivity index is 1.77. The van der Waals surface area contributed by atoms with E-state index in [1.807, 2.05) is 48.5 Å². The zero-order chi connectivity index (χ0) is 19.3. The minimum absolute atomic E-state index is 0.630. The van der Waals surface area contributed by atoms with E-state index in [-0.39, 0.29) is 0 Å². The maximum atomic E-state index is 5.46. The molecule has 1 aromatic heterocycles. The van der Waals surface area contributed by atoms with Crippen LogP contribution in [0.15, 0.2) is 48.5 Å². The average molecular weight is 378 g/mol. The summed E-state index contributed by atoms with van der Waals surface area (Å²) >= 11 is 0. The van der Waals surface area contributed by atoms with Crippen LogP contribution < -0.4 is 14.4 Å². The molecule has 1 fully saturated rings. The molecule has 144 valence electrons. The van der Waals surface area contributed by atoms with Gasteiger partial charge in [0.15, 0.2) is 11.6 Å². The number of ether oxygens (including phenoxy) is 3. The first-order valence-corrected chi connectivity index (χ1v) is 9.14. The molecular weight excluding hydrogens is 356 g/mol. The van der Waals surface area contributed by atoms with Gasteiger partial charge in [-0.25, -0.2) is 4.98 Å². The van der Waals surface area contributed by atoms with Gasteiger partial charge in [-0.05, 0) is 48.5 Å². The number of morpholine rings is 1. The highest BCUT2D eigenvalue weighted by atomic mass is 16.5. The van der Waals surface area contributed by atoms with Gasteiger partial charge in [0, 0.05) is 24.2 Å². The van der Waals surface area contributed by atoms with E-state index in [1.54, 1.807) is 14.2 Å². The van der Waals surface area contributed by atoms with Crippen molar-refractivity contribution in [1.82, 2.24) is 15.0 Å². The van der Waals surface area contributed by atoms with Gasteiger partial charge in [-0.15, -0.1) is 0 Å². The summed E-state index contributed by atoms with van der Waals surface area (Å²) < 4.78 is 16.0. The van der Waals surface area contributed by atoms with Crippen molar-refractivity contribution in [3.05, 3.63) is 48.5 Å². The van der Waals surface area contributed by atoms with Crippen molar-refractivity contribution in [2.75, 3.05) is 45.4 Å². The second-order valence-electron chi connectivity index (χ2n) is 6.34. The molecule has 0 N–H and O–H groups in total. The highest BCUT2D eigenvalue weighted by Gasteiger charge is 2.18. The van der Waals surface area contributed by atoms with E-state index in [1.165, 1.54) is 0 Å². The van der Waals surface area contributed by atoms with Gasteiger partial charge in [0.25, 0.3) is 0 Å². The molecule has 1 aliphatic heterocycles. The van der Waals surface area contributed by atoms with E-state index in [2.05, 4.69) is 4.90 Å². The molecule has 1 aliphatic rings. The first kappa shape index (κ1) is 18.2. The third kappa shape index (κ3) is 3.89. The Hall–Kier alpha value is -3.19. The van der Waals surface area contributed by atoms with E-state index in [9.17, 15) is 0 Å². The van der Waals surface area contributed by atoms with Gasteiger partial charge in [0.2, 0.25) is 5.95 Å². The van der Waals surface area contributed by atoms with Crippen LogP contribution in [-0.2, 0) is 4.74 Å². The molecule has 1 saturated heterocycles. The van der Waals surface area contributed by atoms with Crippen LogP contribution in [0.4, 0.5) is 5.95 Å². The summed E-state index contributed by atoms with van der Waals surface area (Å²) in [7, 11) is 3.30. The van der Waals surface area contributed by atoms with Gasteiger partial charge in [0.1, 0.15) is 11.5 Å². The van der Waals surface area contributed by atoms with Crippen molar-refractivity contribution in [2.24, 2.45) is 0 Å². The monoisotopic (exact) mass is 378 g/mol. The number of nitrogens with zero attached hydrogens (tertiary/aromatic N) is 4. The predicted octanol–water partition coefficient (Wildman–Crippen LogP) is 3.06. The number of hydrogen-bond donors (Lipinski definition) is 0. The molecular formula is C21H22N4O3. The van der Waals surface area contributed by atoms with Crippen LogP contribution in [0.1, 0.15) is 0 Å². The Bertz CT molecular complexity index is 858. The third-order valence-electron chi connectivity index (χ3n) is 4.61. The fraction of sp³-hybridized carbons (Fsp3) is 0.286. The van der Waals surface area contributed by atoms with Crippen molar-refractivity contribution in [1.29, 1.82) is 0 Å². The lowest BCUT2D eigenvalue weighted by Crippen LogP contribution is -2.37. The minimum atomic E-state index is 0.630. The molecule has 3 aromatic rings. The topological polar surface area (TPSA) is 69.6 Å². The molecule has 0 spiro atoms. The largest absolute Gasteiger partial charge is 0.497 e. The van der Waals surface area contributed by atoms with Crippen LogP contribution >= 0.6 is 0 Å². The normalized spacial score (nSPS) is 14.0. The molecule has 0 unspecified atom stereocenters. The third-order valence-corrected chi connectivity index (χ3v) is 4.61. The first-order valence-electron chi connectivity index (χ1n) is 9.14. The van der Waals surface area contributed by atoms with Crippen LogP contribution in [0.3, 0.4) is 0 Å².